The zero-order valence-corrected chi connectivity index (χ0v) is 19.8. The van der Waals surface area contributed by atoms with E-state index in [4.69, 9.17) is 33.3 Å². The van der Waals surface area contributed by atoms with Crippen molar-refractivity contribution in [2.45, 2.75) is 38.6 Å². The monoisotopic (exact) mass is 496 g/mol. The second kappa shape index (κ2) is 19.2. The first kappa shape index (κ1) is 32.9. The van der Waals surface area contributed by atoms with Gasteiger partial charge < -0.3 is 33.1 Å². The Balaban J connectivity index is 0. The Labute approximate surface area is 203 Å². The van der Waals surface area contributed by atoms with Gasteiger partial charge in [-0.05, 0) is 74.3 Å². The molecule has 188 valence electrons. The first-order valence-electron chi connectivity index (χ1n) is 10.2. The molecule has 0 aliphatic heterocycles. The molecule has 2 aromatic rings. The van der Waals surface area contributed by atoms with Crippen molar-refractivity contribution in [3.05, 3.63) is 64.7 Å². The summed E-state index contributed by atoms with van der Waals surface area (Å²) in [5.41, 5.74) is 11.9. The molecular weight excluding hydrogens is 464 g/mol. The quantitative estimate of drug-likeness (QED) is 0.280. The van der Waals surface area contributed by atoms with Crippen LogP contribution in [0.25, 0.3) is 0 Å². The van der Waals surface area contributed by atoms with E-state index < -0.39 is 18.0 Å². The summed E-state index contributed by atoms with van der Waals surface area (Å²) in [6.45, 7) is 2.45. The molecule has 0 bridgehead atoms. The summed E-state index contributed by atoms with van der Waals surface area (Å²) >= 11 is 5.52. The van der Waals surface area contributed by atoms with Crippen LogP contribution in [0, 0.1) is 0 Å². The number of hydrogen-bond donors (Lipinski definition) is 6. The number of aldehydes is 1. The predicted molar refractivity (Wildman–Crippen MR) is 133 cm³/mol. The minimum absolute atomic E-state index is 0. The van der Waals surface area contributed by atoms with Crippen LogP contribution in [0.5, 0.6) is 0 Å². The number of anilines is 1. The van der Waals surface area contributed by atoms with Crippen molar-refractivity contribution in [2.24, 2.45) is 11.5 Å². The summed E-state index contributed by atoms with van der Waals surface area (Å²) in [5.74, 6) is -1.88. The number of nitrogens with one attached hydrogen (secondary N) is 1. The molecule has 0 aliphatic rings. The van der Waals surface area contributed by atoms with Crippen molar-refractivity contribution in [2.75, 3.05) is 11.9 Å². The fourth-order valence-corrected chi connectivity index (χ4v) is 2.28. The van der Waals surface area contributed by atoms with Gasteiger partial charge in [0.05, 0.1) is 5.56 Å². The Bertz CT molecular complexity index is 876. The van der Waals surface area contributed by atoms with Crippen molar-refractivity contribution >= 4 is 41.4 Å². The van der Waals surface area contributed by atoms with Gasteiger partial charge in [-0.25, -0.2) is 4.79 Å². The average Bonchev–Trinajstić information content (AvgIpc) is 2.79. The molecule has 1 atom stereocenters. The highest BCUT2D eigenvalue weighted by molar-refractivity contribution is 6.30. The zero-order chi connectivity index (χ0) is 25.2. The summed E-state index contributed by atoms with van der Waals surface area (Å²) in [7, 11) is 0. The first-order valence-corrected chi connectivity index (χ1v) is 10.5. The molecule has 0 saturated carbocycles. The highest BCUT2D eigenvalue weighted by atomic mass is 35.5. The molecule has 2 rings (SSSR count). The Kier molecular flexibility index (Phi) is 18.5. The number of carboxylic acids is 2. The topological polar surface area (TPSA) is 208 Å². The molecule has 0 saturated heterocycles. The normalized spacial score (nSPS) is 10.1. The lowest BCUT2D eigenvalue weighted by atomic mass is 10.2. The van der Waals surface area contributed by atoms with Crippen molar-refractivity contribution in [1.82, 2.24) is 6.15 Å². The fraction of sp³-hybridized carbons (Fsp3) is 0.304. The van der Waals surface area contributed by atoms with E-state index in [0.29, 0.717) is 36.4 Å². The summed E-state index contributed by atoms with van der Waals surface area (Å²) < 4.78 is 0. The highest BCUT2D eigenvalue weighted by Crippen LogP contribution is 2.09. The molecule has 0 aromatic heterocycles. The lowest BCUT2D eigenvalue weighted by molar-refractivity contribution is -0.138. The molecule has 0 spiro atoms. The van der Waals surface area contributed by atoms with Crippen LogP contribution in [-0.2, 0) is 9.59 Å². The second-order valence-electron chi connectivity index (χ2n) is 6.73. The number of halogens is 1. The van der Waals surface area contributed by atoms with Gasteiger partial charge in [0.1, 0.15) is 12.3 Å². The number of aliphatic carboxylic acids is 1. The molecule has 0 aliphatic carbocycles. The zero-order valence-electron chi connectivity index (χ0n) is 19.1. The number of carbonyl (C=O) groups excluding carboxylic acids is 2. The molecule has 10 nitrogen and oxygen atoms in total. The molecule has 1 amide bonds. The highest BCUT2D eigenvalue weighted by Gasteiger charge is 2.08. The number of nitrogens with two attached hydrogens (primary N) is 2. The summed E-state index contributed by atoms with van der Waals surface area (Å²) in [4.78, 5) is 41.8. The van der Waals surface area contributed by atoms with Crippen LogP contribution >= 0.6 is 11.6 Å². The van der Waals surface area contributed by atoms with Gasteiger partial charge in [-0.1, -0.05) is 18.5 Å². The number of hydrogen-bond acceptors (Lipinski definition) is 7. The molecule has 10 N–H and O–H groups in total. The number of amides is 1. The Hall–Kier alpha value is -3.31. The minimum Gasteiger partial charge on any atom is -0.480 e. The van der Waals surface area contributed by atoms with Crippen LogP contribution in [-0.4, -0.2) is 46.9 Å². The second-order valence-corrected chi connectivity index (χ2v) is 7.16. The van der Waals surface area contributed by atoms with Crippen molar-refractivity contribution < 1.29 is 29.4 Å². The van der Waals surface area contributed by atoms with Crippen LogP contribution in [0.4, 0.5) is 5.69 Å². The Morgan fingerprint density at radius 1 is 1.06 bits per heavy atom. The largest absolute Gasteiger partial charge is 0.480 e. The summed E-state index contributed by atoms with van der Waals surface area (Å²) in [6.07, 6.45) is 3.27. The SMILES string of the molecule is CCCC(=O)Nc1ccc(C=O)cc1.N.NCCC[C@H](N)C(=O)O.O=C(O)c1ccc(Cl)cc1. The van der Waals surface area contributed by atoms with Crippen LogP contribution in [0.15, 0.2) is 48.5 Å². The third-order valence-electron chi connectivity index (χ3n) is 3.94. The van der Waals surface area contributed by atoms with Crippen molar-refractivity contribution in [1.29, 1.82) is 0 Å². The molecule has 0 heterocycles. The molecule has 0 radical (unpaired) electrons. The van der Waals surface area contributed by atoms with E-state index in [1.807, 2.05) is 6.92 Å². The van der Waals surface area contributed by atoms with Crippen LogP contribution in [0.3, 0.4) is 0 Å². The van der Waals surface area contributed by atoms with Gasteiger partial charge >= 0.3 is 11.9 Å². The molecule has 34 heavy (non-hydrogen) atoms. The van der Waals surface area contributed by atoms with Gasteiger partial charge in [0.25, 0.3) is 0 Å². The van der Waals surface area contributed by atoms with Crippen LogP contribution < -0.4 is 22.9 Å². The smallest absolute Gasteiger partial charge is 0.335 e. The number of rotatable bonds is 9. The van der Waals surface area contributed by atoms with Gasteiger partial charge in [-0.2, -0.15) is 0 Å². The number of benzene rings is 2. The number of carboxylic acid groups (broad SMARTS) is 2. The maximum absolute atomic E-state index is 11.2. The maximum Gasteiger partial charge on any atom is 0.335 e. The van der Waals surface area contributed by atoms with E-state index in [9.17, 15) is 19.2 Å². The van der Waals surface area contributed by atoms with Crippen molar-refractivity contribution in [3.8, 4) is 0 Å². The Morgan fingerprint density at radius 3 is 2.03 bits per heavy atom. The molecular formula is C23H33ClN4O6. The van der Waals surface area contributed by atoms with E-state index in [1.54, 1.807) is 36.4 Å². The van der Waals surface area contributed by atoms with E-state index in [1.165, 1.54) is 12.1 Å². The van der Waals surface area contributed by atoms with Gasteiger partial charge in [-0.3, -0.25) is 14.4 Å². The molecule has 11 heteroatoms. The van der Waals surface area contributed by atoms with Gasteiger partial charge in [-0.15, -0.1) is 0 Å². The third kappa shape index (κ3) is 15.5. The van der Waals surface area contributed by atoms with E-state index in [2.05, 4.69) is 5.32 Å². The van der Waals surface area contributed by atoms with Gasteiger partial charge in [0.15, 0.2) is 0 Å². The number of carbonyl (C=O) groups is 4. The van der Waals surface area contributed by atoms with Gasteiger partial charge in [0.2, 0.25) is 5.91 Å². The molecule has 0 fully saturated rings. The van der Waals surface area contributed by atoms with Gasteiger partial charge in [0, 0.05) is 22.7 Å². The van der Waals surface area contributed by atoms with E-state index in [0.717, 1.165) is 18.4 Å². The number of aromatic carboxylic acids is 1. The van der Waals surface area contributed by atoms with Crippen LogP contribution in [0.2, 0.25) is 5.02 Å². The maximum atomic E-state index is 11.2. The summed E-state index contributed by atoms with van der Waals surface area (Å²) in [5, 5.41) is 20.0. The first-order chi connectivity index (χ1) is 15.6. The summed E-state index contributed by atoms with van der Waals surface area (Å²) in [6, 6.07) is 12.1. The van der Waals surface area contributed by atoms with Crippen LogP contribution in [0.1, 0.15) is 53.3 Å². The standard InChI is InChI=1S/C11H13NO2.C7H5ClO2.C5H12N2O2.H3N/c1-2-3-11(14)12-10-6-4-9(8-13)5-7-10;8-6-3-1-5(2-4-6)7(9)10;6-3-1-2-4(7)5(8)9;/h4-8H,2-3H2,1H3,(H,12,14);1-4H,(H,9,10);4H,1-3,6-7H2,(H,8,9);1H3/t;;4-;/m..0./s1. The van der Waals surface area contributed by atoms with E-state index in [-0.39, 0.29) is 17.6 Å². The minimum atomic E-state index is -0.955. The predicted octanol–water partition coefficient (Wildman–Crippen LogP) is 3.58. The van der Waals surface area contributed by atoms with E-state index >= 15 is 0 Å². The lowest BCUT2D eigenvalue weighted by Gasteiger charge is -2.03. The van der Waals surface area contributed by atoms with Crippen molar-refractivity contribution in [3.63, 3.8) is 0 Å². The lowest BCUT2D eigenvalue weighted by Crippen LogP contribution is -2.30. The Morgan fingerprint density at radius 2 is 1.62 bits per heavy atom. The fourth-order valence-electron chi connectivity index (χ4n) is 2.15. The molecule has 2 aromatic carbocycles. The third-order valence-corrected chi connectivity index (χ3v) is 4.19. The molecule has 0 unspecified atom stereocenters. The average molecular weight is 497 g/mol.